The fourth-order valence-corrected chi connectivity index (χ4v) is 2.58. The summed E-state index contributed by atoms with van der Waals surface area (Å²) in [6.45, 7) is 0. The monoisotopic (exact) mass is 130 g/mol. The highest BCUT2D eigenvalue weighted by atomic mass is 31.1. The Labute approximate surface area is 51.0 Å². The number of nitrogens with zero attached hydrogens (tertiary/aromatic N) is 1. The van der Waals surface area contributed by atoms with Crippen molar-refractivity contribution in [2.75, 3.05) is 12.3 Å². The van der Waals surface area contributed by atoms with Crippen LogP contribution in [-0.2, 0) is 0 Å². The minimum atomic E-state index is -0.178. The highest BCUT2D eigenvalue weighted by Crippen LogP contribution is 2.42. The van der Waals surface area contributed by atoms with Crippen LogP contribution in [0, 0.1) is 5.53 Å². The Morgan fingerprint density at radius 3 is 2.12 bits per heavy atom. The Kier molecular flexibility index (Phi) is 2.41. The lowest BCUT2D eigenvalue weighted by molar-refractivity contribution is 0.750. The standard InChI is InChI=1S/C5H11N2P/c6-7-8-4-2-1-3-5-8/h6H,1-5H2. The molecule has 2 nitrogen and oxygen atoms in total. The molecule has 1 N–H and O–H groups in total. The maximum Gasteiger partial charge on any atom is 0.0397 e. The zero-order chi connectivity index (χ0) is 5.82. The van der Waals surface area contributed by atoms with Crippen LogP contribution in [0.4, 0.5) is 0 Å². The highest BCUT2D eigenvalue weighted by molar-refractivity contribution is 7.56. The fourth-order valence-electron chi connectivity index (χ4n) is 0.977. The topological polar surface area (TPSA) is 36.2 Å². The van der Waals surface area contributed by atoms with Gasteiger partial charge in [0.05, 0.1) is 0 Å². The van der Waals surface area contributed by atoms with Crippen molar-refractivity contribution in [3.63, 3.8) is 0 Å². The molecule has 3 heteroatoms. The van der Waals surface area contributed by atoms with E-state index in [0.29, 0.717) is 0 Å². The molecule has 0 spiro atoms. The summed E-state index contributed by atoms with van der Waals surface area (Å²) in [5.41, 5.74) is 6.75. The van der Waals surface area contributed by atoms with E-state index < -0.39 is 0 Å². The molecule has 0 saturated carbocycles. The van der Waals surface area contributed by atoms with Crippen LogP contribution < -0.4 is 0 Å². The molecular formula is C5H11N2P. The summed E-state index contributed by atoms with van der Waals surface area (Å²) in [6, 6.07) is 0. The van der Waals surface area contributed by atoms with Gasteiger partial charge in [0, 0.05) is 8.07 Å². The van der Waals surface area contributed by atoms with E-state index in [1.54, 1.807) is 0 Å². The molecule has 1 aliphatic rings. The first-order valence-electron chi connectivity index (χ1n) is 3.06. The molecule has 0 amide bonds. The number of rotatable bonds is 1. The molecular weight excluding hydrogens is 119 g/mol. The summed E-state index contributed by atoms with van der Waals surface area (Å²) >= 11 is 0. The van der Waals surface area contributed by atoms with E-state index in [9.17, 15) is 0 Å². The quantitative estimate of drug-likeness (QED) is 0.418. The SMILES string of the molecule is N=NP1CCCCC1. The second kappa shape index (κ2) is 3.13. The first kappa shape index (κ1) is 6.15. The summed E-state index contributed by atoms with van der Waals surface area (Å²) in [5, 5.41) is 0. The minimum Gasteiger partial charge on any atom is -0.206 e. The van der Waals surface area contributed by atoms with Crippen LogP contribution in [0.25, 0.3) is 0 Å². The molecule has 1 fully saturated rings. The van der Waals surface area contributed by atoms with Crippen molar-refractivity contribution < 1.29 is 0 Å². The molecule has 1 heterocycles. The third kappa shape index (κ3) is 1.52. The molecule has 46 valence electrons. The Bertz CT molecular complexity index is 78.5. The number of nitrogens with one attached hydrogen (secondary N) is 1. The van der Waals surface area contributed by atoms with E-state index in [1.807, 2.05) is 0 Å². The highest BCUT2D eigenvalue weighted by Gasteiger charge is 2.10. The maximum atomic E-state index is 6.75. The molecule has 0 unspecified atom stereocenters. The molecule has 0 atom stereocenters. The smallest absolute Gasteiger partial charge is 0.0397 e. The lowest BCUT2D eigenvalue weighted by atomic mass is 10.3. The molecule has 0 aromatic heterocycles. The summed E-state index contributed by atoms with van der Waals surface area (Å²) in [7, 11) is -0.178. The van der Waals surface area contributed by atoms with Crippen molar-refractivity contribution in [3.05, 3.63) is 0 Å². The second-order valence-corrected chi connectivity index (χ2v) is 4.22. The first-order valence-corrected chi connectivity index (χ1v) is 4.72. The third-order valence-electron chi connectivity index (χ3n) is 1.47. The molecule has 0 radical (unpaired) electrons. The van der Waals surface area contributed by atoms with E-state index in [-0.39, 0.29) is 8.07 Å². The van der Waals surface area contributed by atoms with Crippen LogP contribution in [0.5, 0.6) is 0 Å². The van der Waals surface area contributed by atoms with Crippen molar-refractivity contribution >= 4 is 8.07 Å². The van der Waals surface area contributed by atoms with Gasteiger partial charge in [0.25, 0.3) is 0 Å². The van der Waals surface area contributed by atoms with Gasteiger partial charge in [-0.15, -0.1) is 0 Å². The van der Waals surface area contributed by atoms with Gasteiger partial charge in [-0.05, 0) is 25.2 Å². The van der Waals surface area contributed by atoms with Crippen LogP contribution in [0.2, 0.25) is 0 Å². The van der Waals surface area contributed by atoms with Crippen LogP contribution in [0.15, 0.2) is 4.88 Å². The van der Waals surface area contributed by atoms with Gasteiger partial charge in [-0.25, -0.2) is 5.53 Å². The average Bonchev–Trinajstić information content (AvgIpc) is 1.90. The van der Waals surface area contributed by atoms with Crippen LogP contribution >= 0.6 is 8.07 Å². The molecule has 0 aromatic rings. The van der Waals surface area contributed by atoms with Crippen LogP contribution in [0.3, 0.4) is 0 Å². The van der Waals surface area contributed by atoms with Crippen molar-refractivity contribution in [2.24, 2.45) is 4.88 Å². The molecule has 0 aliphatic carbocycles. The van der Waals surface area contributed by atoms with E-state index in [0.717, 1.165) is 0 Å². The van der Waals surface area contributed by atoms with Crippen molar-refractivity contribution in [1.29, 1.82) is 5.53 Å². The lowest BCUT2D eigenvalue weighted by Crippen LogP contribution is -1.95. The average molecular weight is 130 g/mol. The zero-order valence-corrected chi connectivity index (χ0v) is 5.82. The summed E-state index contributed by atoms with van der Waals surface area (Å²) in [4.78, 5) is 3.56. The second-order valence-electron chi connectivity index (χ2n) is 2.11. The predicted octanol–water partition coefficient (Wildman–Crippen LogP) is 2.60. The van der Waals surface area contributed by atoms with E-state index in [4.69, 9.17) is 5.53 Å². The van der Waals surface area contributed by atoms with E-state index in [2.05, 4.69) is 4.88 Å². The predicted molar refractivity (Wildman–Crippen MR) is 35.7 cm³/mol. The van der Waals surface area contributed by atoms with E-state index in [1.165, 1.54) is 31.6 Å². The van der Waals surface area contributed by atoms with Crippen molar-refractivity contribution in [1.82, 2.24) is 0 Å². The summed E-state index contributed by atoms with van der Waals surface area (Å²) in [5.74, 6) is 0. The first-order chi connectivity index (χ1) is 3.93. The largest absolute Gasteiger partial charge is 0.206 e. The number of hydrogen-bond donors (Lipinski definition) is 1. The maximum absolute atomic E-state index is 6.75. The van der Waals surface area contributed by atoms with Gasteiger partial charge in [0.1, 0.15) is 0 Å². The number of hydrogen-bond acceptors (Lipinski definition) is 2. The molecule has 8 heavy (non-hydrogen) atoms. The van der Waals surface area contributed by atoms with Crippen LogP contribution in [0.1, 0.15) is 19.3 Å². The van der Waals surface area contributed by atoms with Crippen LogP contribution in [-0.4, -0.2) is 12.3 Å². The summed E-state index contributed by atoms with van der Waals surface area (Å²) in [6.07, 6.45) is 6.44. The van der Waals surface area contributed by atoms with Gasteiger partial charge >= 0.3 is 0 Å². The minimum absolute atomic E-state index is 0.178. The van der Waals surface area contributed by atoms with Gasteiger partial charge < -0.3 is 0 Å². The van der Waals surface area contributed by atoms with Gasteiger partial charge in [0.15, 0.2) is 0 Å². The zero-order valence-electron chi connectivity index (χ0n) is 4.93. The Morgan fingerprint density at radius 2 is 1.75 bits per heavy atom. The molecule has 0 bridgehead atoms. The van der Waals surface area contributed by atoms with Gasteiger partial charge in [-0.3, -0.25) is 0 Å². The molecule has 1 rings (SSSR count). The third-order valence-corrected chi connectivity index (χ3v) is 3.42. The van der Waals surface area contributed by atoms with Crippen molar-refractivity contribution in [2.45, 2.75) is 19.3 Å². The Balaban J connectivity index is 2.22. The molecule has 1 aliphatic heterocycles. The van der Waals surface area contributed by atoms with Gasteiger partial charge in [0.2, 0.25) is 0 Å². The Hall–Kier alpha value is 0.0300. The normalized spacial score (nSPS) is 23.0. The van der Waals surface area contributed by atoms with Crippen molar-refractivity contribution in [3.8, 4) is 0 Å². The molecule has 1 saturated heterocycles. The van der Waals surface area contributed by atoms with E-state index >= 15 is 0 Å². The Morgan fingerprint density at radius 1 is 1.12 bits per heavy atom. The summed E-state index contributed by atoms with van der Waals surface area (Å²) < 4.78 is 0. The van der Waals surface area contributed by atoms with Gasteiger partial charge in [-0.2, -0.15) is 4.88 Å². The van der Waals surface area contributed by atoms with Gasteiger partial charge in [-0.1, -0.05) is 6.42 Å². The fraction of sp³-hybridized carbons (Fsp3) is 1.00. The molecule has 0 aromatic carbocycles. The lowest BCUT2D eigenvalue weighted by Gasteiger charge is -2.14.